The normalized spacial score (nSPS) is 18.5. The number of likely N-dealkylation sites (tertiary alicyclic amines) is 1. The van der Waals surface area contributed by atoms with E-state index in [2.05, 4.69) is 10.3 Å². The van der Waals surface area contributed by atoms with Crippen molar-refractivity contribution in [3.05, 3.63) is 68.4 Å². The topological polar surface area (TPSA) is 128 Å². The fourth-order valence-corrected chi connectivity index (χ4v) is 4.62. The Hall–Kier alpha value is -2.83. The van der Waals surface area contributed by atoms with E-state index in [1.807, 2.05) is 0 Å². The van der Waals surface area contributed by atoms with Crippen LogP contribution in [0.15, 0.2) is 41.5 Å². The van der Waals surface area contributed by atoms with Gasteiger partial charge in [0.1, 0.15) is 12.1 Å². The molecule has 1 aliphatic rings. The number of rotatable bonds is 5. The molecule has 1 saturated heterocycles. The molecule has 1 fully saturated rings. The van der Waals surface area contributed by atoms with Crippen molar-refractivity contribution in [1.29, 1.82) is 0 Å². The average molecular weight is 515 g/mol. The maximum Gasteiger partial charge on any atom is 0.377 e. The lowest BCUT2D eigenvalue weighted by atomic mass is 9.87. The van der Waals surface area contributed by atoms with Crippen LogP contribution in [0, 0.1) is 5.82 Å². The third-order valence-corrected chi connectivity index (χ3v) is 6.53. The average Bonchev–Trinajstić information content (AvgIpc) is 3.20. The summed E-state index contributed by atoms with van der Waals surface area (Å²) >= 11 is 12.5. The number of carbonyl (C=O) groups excluding carboxylic acids is 1. The minimum absolute atomic E-state index is 0.0281. The number of nitrogens with one attached hydrogen (secondary N) is 1. The second kappa shape index (κ2) is 8.75. The lowest BCUT2D eigenvalue weighted by Crippen LogP contribution is -2.42. The summed E-state index contributed by atoms with van der Waals surface area (Å²) in [5, 5.41) is 31.2. The molecule has 1 atom stereocenters. The Morgan fingerprint density at radius 2 is 1.97 bits per heavy atom. The number of aromatic nitrogens is 2. The summed E-state index contributed by atoms with van der Waals surface area (Å²) < 4.78 is 28.3. The molecular weight excluding hydrogens is 497 g/mol. The van der Waals surface area contributed by atoms with Gasteiger partial charge in [-0.05, 0) is 36.8 Å². The predicted octanol–water partition coefficient (Wildman–Crippen LogP) is 1.90. The highest BCUT2D eigenvalue weighted by Crippen LogP contribution is 2.43. The first-order chi connectivity index (χ1) is 16.0. The molecule has 1 amide bonds. The van der Waals surface area contributed by atoms with E-state index in [-0.39, 0.29) is 56.3 Å². The highest BCUT2D eigenvalue weighted by molar-refractivity contribution is 6.42. The minimum Gasteiger partial charge on any atom is -0.374 e. The van der Waals surface area contributed by atoms with E-state index in [4.69, 9.17) is 23.2 Å². The maximum absolute atomic E-state index is 15.0. The van der Waals surface area contributed by atoms with Crippen molar-refractivity contribution < 1.29 is 28.9 Å². The molecule has 180 valence electrons. The van der Waals surface area contributed by atoms with Gasteiger partial charge in [0, 0.05) is 24.3 Å². The molecule has 3 aromatic rings. The van der Waals surface area contributed by atoms with Crippen molar-refractivity contribution in [3.8, 4) is 0 Å². The predicted molar refractivity (Wildman–Crippen MR) is 120 cm³/mol. The van der Waals surface area contributed by atoms with E-state index in [1.165, 1.54) is 29.2 Å². The zero-order chi connectivity index (χ0) is 24.8. The standard InChI is InChI=1S/C21H18Cl2F2N4O5/c22-13-2-3-14(25)17(18(13)23)20(5-6-28(9-20)16(30)8-24)27-11-1-4-15-12(7-11)19(31)29(10-26-15)21(32,33)34/h1-4,7,10,27,32-34H,5-6,8-9H2. The molecule has 4 N–H and O–H groups in total. The summed E-state index contributed by atoms with van der Waals surface area (Å²) in [5.74, 6) is -1.48. The number of nitrogens with zero attached hydrogens (tertiary/aromatic N) is 3. The molecule has 34 heavy (non-hydrogen) atoms. The van der Waals surface area contributed by atoms with Crippen LogP contribution in [-0.2, 0) is 16.4 Å². The van der Waals surface area contributed by atoms with Gasteiger partial charge in [0.15, 0.2) is 6.67 Å². The lowest BCUT2D eigenvalue weighted by molar-refractivity contribution is -0.377. The van der Waals surface area contributed by atoms with E-state index < -0.39 is 35.6 Å². The van der Waals surface area contributed by atoms with Crippen molar-refractivity contribution in [1.82, 2.24) is 14.5 Å². The molecule has 0 radical (unpaired) electrons. The summed E-state index contributed by atoms with van der Waals surface area (Å²) in [4.78, 5) is 29.8. The second-order valence-corrected chi connectivity index (χ2v) is 8.66. The van der Waals surface area contributed by atoms with Gasteiger partial charge in [0.05, 0.1) is 26.5 Å². The fraction of sp³-hybridized carbons (Fsp3) is 0.286. The number of alkyl halides is 1. The largest absolute Gasteiger partial charge is 0.377 e. The van der Waals surface area contributed by atoms with E-state index in [1.54, 1.807) is 0 Å². The van der Waals surface area contributed by atoms with Gasteiger partial charge in [-0.3, -0.25) is 9.59 Å². The smallest absolute Gasteiger partial charge is 0.374 e. The van der Waals surface area contributed by atoms with Gasteiger partial charge < -0.3 is 25.5 Å². The van der Waals surface area contributed by atoms with E-state index in [9.17, 15) is 29.3 Å². The van der Waals surface area contributed by atoms with Crippen molar-refractivity contribution in [2.45, 2.75) is 18.1 Å². The first-order valence-corrected chi connectivity index (χ1v) is 10.7. The molecule has 1 aliphatic heterocycles. The Morgan fingerprint density at radius 3 is 2.65 bits per heavy atom. The van der Waals surface area contributed by atoms with Gasteiger partial charge in [-0.2, -0.15) is 0 Å². The number of amides is 1. The van der Waals surface area contributed by atoms with Crippen LogP contribution in [-0.4, -0.2) is 55.4 Å². The van der Waals surface area contributed by atoms with Crippen LogP contribution in [0.1, 0.15) is 12.0 Å². The zero-order valence-corrected chi connectivity index (χ0v) is 18.8. The number of anilines is 1. The van der Waals surface area contributed by atoms with Crippen molar-refractivity contribution in [2.75, 3.05) is 25.1 Å². The summed E-state index contributed by atoms with van der Waals surface area (Å²) in [5.41, 5.74) is -1.89. The number of carbonyl (C=O) groups is 1. The van der Waals surface area contributed by atoms with E-state index >= 15 is 4.39 Å². The number of hydrogen-bond donors (Lipinski definition) is 4. The maximum atomic E-state index is 15.0. The quantitative estimate of drug-likeness (QED) is 0.302. The van der Waals surface area contributed by atoms with Crippen LogP contribution in [0.4, 0.5) is 14.5 Å². The van der Waals surface area contributed by atoms with Gasteiger partial charge in [-0.25, -0.2) is 18.3 Å². The Labute approximate surface area is 200 Å². The van der Waals surface area contributed by atoms with Crippen molar-refractivity contribution >= 4 is 45.7 Å². The molecule has 1 aromatic heterocycles. The van der Waals surface area contributed by atoms with Crippen LogP contribution in [0.3, 0.4) is 0 Å². The van der Waals surface area contributed by atoms with Crippen molar-refractivity contribution in [3.63, 3.8) is 0 Å². The molecule has 0 saturated carbocycles. The Kier molecular flexibility index (Phi) is 6.25. The zero-order valence-electron chi connectivity index (χ0n) is 17.3. The second-order valence-electron chi connectivity index (χ2n) is 7.88. The van der Waals surface area contributed by atoms with E-state index in [0.29, 0.717) is 0 Å². The lowest BCUT2D eigenvalue weighted by Gasteiger charge is -2.33. The van der Waals surface area contributed by atoms with Gasteiger partial charge >= 0.3 is 6.10 Å². The molecule has 1 unspecified atom stereocenters. The summed E-state index contributed by atoms with van der Waals surface area (Å²) in [7, 11) is 0. The number of halogens is 4. The molecule has 0 aliphatic carbocycles. The monoisotopic (exact) mass is 514 g/mol. The molecule has 0 bridgehead atoms. The highest BCUT2D eigenvalue weighted by atomic mass is 35.5. The summed E-state index contributed by atoms with van der Waals surface area (Å²) in [6, 6.07) is 6.69. The van der Waals surface area contributed by atoms with Gasteiger partial charge in [-0.15, -0.1) is 0 Å². The molecule has 2 aromatic carbocycles. The van der Waals surface area contributed by atoms with E-state index in [0.717, 1.165) is 12.4 Å². The number of benzene rings is 2. The number of aliphatic hydroxyl groups is 3. The van der Waals surface area contributed by atoms with Gasteiger partial charge in [-0.1, -0.05) is 23.2 Å². The first-order valence-electron chi connectivity index (χ1n) is 9.92. The highest BCUT2D eigenvalue weighted by Gasteiger charge is 2.45. The first kappa shape index (κ1) is 24.3. The summed E-state index contributed by atoms with van der Waals surface area (Å²) in [6.07, 6.45) is -2.57. The van der Waals surface area contributed by atoms with Gasteiger partial charge in [0.2, 0.25) is 0 Å². The Bertz CT molecular complexity index is 1350. The third kappa shape index (κ3) is 4.21. The molecule has 2 heterocycles. The van der Waals surface area contributed by atoms with Crippen LogP contribution in [0.25, 0.3) is 10.9 Å². The number of hydrogen-bond acceptors (Lipinski definition) is 7. The molecule has 9 nitrogen and oxygen atoms in total. The van der Waals surface area contributed by atoms with Crippen LogP contribution < -0.4 is 10.9 Å². The third-order valence-electron chi connectivity index (χ3n) is 5.72. The molecule has 0 spiro atoms. The minimum atomic E-state index is -3.47. The fourth-order valence-electron chi connectivity index (χ4n) is 4.13. The van der Waals surface area contributed by atoms with Crippen LogP contribution in [0.5, 0.6) is 0 Å². The van der Waals surface area contributed by atoms with Crippen molar-refractivity contribution in [2.24, 2.45) is 0 Å². The Morgan fingerprint density at radius 1 is 1.24 bits per heavy atom. The molecular formula is C21H18Cl2F2N4O5. The molecule has 13 heteroatoms. The number of fused-ring (bicyclic) bond motifs is 1. The SMILES string of the molecule is O=C(CF)N1CCC(Nc2ccc3ncn(C(O)(O)O)c(=O)c3c2)(c2c(F)ccc(Cl)c2Cl)C1. The Balaban J connectivity index is 1.85. The van der Waals surface area contributed by atoms with Crippen LogP contribution >= 0.6 is 23.2 Å². The van der Waals surface area contributed by atoms with Crippen LogP contribution in [0.2, 0.25) is 10.0 Å². The van der Waals surface area contributed by atoms with Gasteiger partial charge in [0.25, 0.3) is 11.5 Å². The molecule has 4 rings (SSSR count). The summed E-state index contributed by atoms with van der Waals surface area (Å²) in [6.45, 7) is -1.27.